The first kappa shape index (κ1) is 12.7. The third-order valence-electron chi connectivity index (χ3n) is 1.83. The monoisotopic (exact) mass is 242 g/mol. The number of amides is 1. The van der Waals surface area contributed by atoms with E-state index in [4.69, 9.17) is 10.2 Å². The molecule has 0 fully saturated rings. The molecule has 0 spiro atoms. The summed E-state index contributed by atoms with van der Waals surface area (Å²) >= 11 is 0. The molecular weight excluding hydrogens is 232 g/mol. The topological polar surface area (TPSA) is 130 Å². The molecule has 0 saturated carbocycles. The highest BCUT2D eigenvalue weighted by Crippen LogP contribution is 2.03. The van der Waals surface area contributed by atoms with Gasteiger partial charge in [-0.1, -0.05) is 5.16 Å². The van der Waals surface area contributed by atoms with E-state index in [2.05, 4.69) is 9.68 Å². The molecule has 1 heterocycles. The molecule has 92 valence electrons. The van der Waals surface area contributed by atoms with Crippen molar-refractivity contribution in [1.29, 1.82) is 0 Å². The predicted molar refractivity (Wildman–Crippen MR) is 52.4 cm³/mol. The number of aliphatic carboxylic acids is 2. The van der Waals surface area contributed by atoms with Crippen LogP contribution in [0.1, 0.15) is 22.7 Å². The van der Waals surface area contributed by atoms with E-state index in [1.54, 1.807) is 6.92 Å². The molecular formula is C9H10N2O6. The van der Waals surface area contributed by atoms with Gasteiger partial charge in [-0.3, -0.25) is 9.59 Å². The van der Waals surface area contributed by atoms with Gasteiger partial charge >= 0.3 is 11.9 Å². The molecule has 0 bridgehead atoms. The summed E-state index contributed by atoms with van der Waals surface area (Å²) in [5.41, 5.74) is 0.459. The van der Waals surface area contributed by atoms with Crippen LogP contribution in [0, 0.1) is 6.92 Å². The van der Waals surface area contributed by atoms with Gasteiger partial charge in [-0.2, -0.15) is 0 Å². The summed E-state index contributed by atoms with van der Waals surface area (Å²) in [6, 6.07) is -0.194. The molecule has 8 nitrogen and oxygen atoms in total. The zero-order valence-corrected chi connectivity index (χ0v) is 8.84. The number of nitrogens with zero attached hydrogens (tertiary/aromatic N) is 1. The summed E-state index contributed by atoms with van der Waals surface area (Å²) in [5, 5.41) is 22.6. The Hall–Kier alpha value is -2.38. The van der Waals surface area contributed by atoms with Crippen LogP contribution >= 0.6 is 0 Å². The van der Waals surface area contributed by atoms with E-state index in [0.717, 1.165) is 0 Å². The first-order chi connectivity index (χ1) is 7.90. The maximum atomic E-state index is 11.5. The molecule has 1 amide bonds. The van der Waals surface area contributed by atoms with Gasteiger partial charge in [0, 0.05) is 6.07 Å². The number of carbonyl (C=O) groups excluding carboxylic acids is 1. The lowest BCUT2D eigenvalue weighted by Gasteiger charge is -2.10. The highest BCUT2D eigenvalue weighted by atomic mass is 16.5. The quantitative estimate of drug-likeness (QED) is 0.642. The van der Waals surface area contributed by atoms with E-state index in [1.807, 2.05) is 5.32 Å². The van der Waals surface area contributed by atoms with Gasteiger partial charge in [-0.25, -0.2) is 4.79 Å². The number of hydrogen-bond donors (Lipinski definition) is 3. The standard InChI is InChI=1S/C9H10N2O6/c1-4-2-6(17-11-4)8(14)10-5(9(15)16)3-7(12)13/h2,5H,3H2,1H3,(H,10,14)(H,12,13)(H,15,16). The average Bonchev–Trinajstić information content (AvgIpc) is 2.63. The first-order valence-corrected chi connectivity index (χ1v) is 4.59. The van der Waals surface area contributed by atoms with Crippen LogP contribution in [0.15, 0.2) is 10.6 Å². The average molecular weight is 242 g/mol. The second-order valence-electron chi connectivity index (χ2n) is 3.29. The fraction of sp³-hybridized carbons (Fsp3) is 0.333. The van der Waals surface area contributed by atoms with Crippen molar-refractivity contribution in [2.45, 2.75) is 19.4 Å². The molecule has 1 rings (SSSR count). The number of rotatable bonds is 5. The Morgan fingerprint density at radius 1 is 1.47 bits per heavy atom. The minimum atomic E-state index is -1.51. The molecule has 0 saturated heterocycles. The van der Waals surface area contributed by atoms with Crippen molar-refractivity contribution in [1.82, 2.24) is 10.5 Å². The van der Waals surface area contributed by atoms with Gasteiger partial charge in [-0.05, 0) is 6.92 Å². The Balaban J connectivity index is 2.70. The number of carbonyl (C=O) groups is 3. The fourth-order valence-corrected chi connectivity index (χ4v) is 1.07. The maximum Gasteiger partial charge on any atom is 0.326 e. The zero-order chi connectivity index (χ0) is 13.0. The molecule has 0 aliphatic heterocycles. The maximum absolute atomic E-state index is 11.5. The van der Waals surface area contributed by atoms with Crippen LogP contribution in [0.2, 0.25) is 0 Å². The van der Waals surface area contributed by atoms with Crippen molar-refractivity contribution in [3.05, 3.63) is 17.5 Å². The Morgan fingerprint density at radius 3 is 2.53 bits per heavy atom. The van der Waals surface area contributed by atoms with Crippen LogP contribution in [-0.4, -0.2) is 39.3 Å². The second kappa shape index (κ2) is 5.10. The lowest BCUT2D eigenvalue weighted by atomic mass is 10.2. The molecule has 8 heteroatoms. The third kappa shape index (κ3) is 3.59. The van der Waals surface area contributed by atoms with Crippen molar-refractivity contribution in [3.8, 4) is 0 Å². The van der Waals surface area contributed by atoms with Crippen molar-refractivity contribution in [2.24, 2.45) is 0 Å². The molecule has 3 N–H and O–H groups in total. The summed E-state index contributed by atoms with van der Waals surface area (Å²) in [4.78, 5) is 32.5. The lowest BCUT2D eigenvalue weighted by Crippen LogP contribution is -2.42. The Bertz CT molecular complexity index is 452. The molecule has 0 aliphatic carbocycles. The van der Waals surface area contributed by atoms with Gasteiger partial charge in [0.15, 0.2) is 0 Å². The van der Waals surface area contributed by atoms with Crippen LogP contribution < -0.4 is 5.32 Å². The summed E-state index contributed by atoms with van der Waals surface area (Å²) in [6.07, 6.45) is -0.714. The van der Waals surface area contributed by atoms with Crippen LogP contribution in [-0.2, 0) is 9.59 Å². The van der Waals surface area contributed by atoms with E-state index >= 15 is 0 Å². The third-order valence-corrected chi connectivity index (χ3v) is 1.83. The van der Waals surface area contributed by atoms with E-state index in [-0.39, 0.29) is 5.76 Å². The predicted octanol–water partition coefficient (Wildman–Crippen LogP) is -0.359. The number of hydrogen-bond acceptors (Lipinski definition) is 5. The molecule has 1 aromatic heterocycles. The minimum Gasteiger partial charge on any atom is -0.481 e. The lowest BCUT2D eigenvalue weighted by molar-refractivity contribution is -0.145. The first-order valence-electron chi connectivity index (χ1n) is 4.59. The van der Waals surface area contributed by atoms with Crippen molar-refractivity contribution >= 4 is 17.8 Å². The Kier molecular flexibility index (Phi) is 3.81. The number of aryl methyl sites for hydroxylation is 1. The summed E-state index contributed by atoms with van der Waals surface area (Å²) < 4.78 is 4.61. The number of aromatic nitrogens is 1. The summed E-state index contributed by atoms with van der Waals surface area (Å²) in [7, 11) is 0. The molecule has 0 aliphatic rings. The van der Waals surface area contributed by atoms with Crippen LogP contribution in [0.4, 0.5) is 0 Å². The Labute approximate surface area is 95.2 Å². The number of carboxylic acids is 2. The van der Waals surface area contributed by atoms with Gasteiger partial charge in [0.25, 0.3) is 5.91 Å². The minimum absolute atomic E-state index is 0.167. The van der Waals surface area contributed by atoms with Gasteiger partial charge in [-0.15, -0.1) is 0 Å². The molecule has 1 unspecified atom stereocenters. The van der Waals surface area contributed by atoms with Crippen LogP contribution in [0.3, 0.4) is 0 Å². The van der Waals surface area contributed by atoms with Gasteiger partial charge in [0.05, 0.1) is 12.1 Å². The van der Waals surface area contributed by atoms with Crippen molar-refractivity contribution in [3.63, 3.8) is 0 Å². The smallest absolute Gasteiger partial charge is 0.326 e. The summed E-state index contributed by atoms with van der Waals surface area (Å²) in [6.45, 7) is 1.59. The fourth-order valence-electron chi connectivity index (χ4n) is 1.07. The normalized spacial score (nSPS) is 11.8. The Morgan fingerprint density at radius 2 is 2.12 bits per heavy atom. The van der Waals surface area contributed by atoms with E-state index < -0.39 is 30.3 Å². The van der Waals surface area contributed by atoms with Crippen LogP contribution in [0.5, 0.6) is 0 Å². The second-order valence-corrected chi connectivity index (χ2v) is 3.29. The summed E-state index contributed by atoms with van der Waals surface area (Å²) in [5.74, 6) is -3.75. The molecule has 0 aromatic carbocycles. The van der Waals surface area contributed by atoms with E-state index in [9.17, 15) is 14.4 Å². The van der Waals surface area contributed by atoms with Gasteiger partial charge < -0.3 is 20.1 Å². The molecule has 1 atom stereocenters. The number of nitrogens with one attached hydrogen (secondary N) is 1. The van der Waals surface area contributed by atoms with E-state index in [1.165, 1.54) is 6.07 Å². The highest BCUT2D eigenvalue weighted by Gasteiger charge is 2.25. The van der Waals surface area contributed by atoms with Crippen molar-refractivity contribution in [2.75, 3.05) is 0 Å². The zero-order valence-electron chi connectivity index (χ0n) is 8.84. The van der Waals surface area contributed by atoms with Crippen LogP contribution in [0.25, 0.3) is 0 Å². The largest absolute Gasteiger partial charge is 0.481 e. The highest BCUT2D eigenvalue weighted by molar-refractivity contribution is 5.95. The van der Waals surface area contributed by atoms with Gasteiger partial charge in [0.1, 0.15) is 6.04 Å². The van der Waals surface area contributed by atoms with Gasteiger partial charge in [0.2, 0.25) is 5.76 Å². The molecule has 1 aromatic rings. The molecule has 17 heavy (non-hydrogen) atoms. The number of carboxylic acid groups (broad SMARTS) is 2. The molecule has 0 radical (unpaired) electrons. The van der Waals surface area contributed by atoms with E-state index in [0.29, 0.717) is 5.69 Å². The van der Waals surface area contributed by atoms with Crippen molar-refractivity contribution < 1.29 is 29.1 Å². The SMILES string of the molecule is Cc1cc(C(=O)NC(CC(=O)O)C(=O)O)on1.